The van der Waals surface area contributed by atoms with E-state index in [4.69, 9.17) is 5.11 Å². The van der Waals surface area contributed by atoms with Gasteiger partial charge in [0, 0.05) is 18.6 Å². The lowest BCUT2D eigenvalue weighted by Gasteiger charge is -2.21. The van der Waals surface area contributed by atoms with Crippen LogP contribution in [0.1, 0.15) is 19.4 Å². The molecule has 2 N–H and O–H groups in total. The first kappa shape index (κ1) is 16.9. The van der Waals surface area contributed by atoms with Gasteiger partial charge in [0.2, 0.25) is 10.0 Å². The van der Waals surface area contributed by atoms with Crippen LogP contribution in [0.2, 0.25) is 0 Å². The highest BCUT2D eigenvalue weighted by atomic mass is 32.2. The van der Waals surface area contributed by atoms with E-state index in [-0.39, 0.29) is 13.2 Å². The highest BCUT2D eigenvalue weighted by Crippen LogP contribution is 2.30. The van der Waals surface area contributed by atoms with Gasteiger partial charge in [0.1, 0.15) is 0 Å². The van der Waals surface area contributed by atoms with Crippen LogP contribution in [0.4, 0.5) is 13.2 Å². The zero-order valence-electron chi connectivity index (χ0n) is 11.0. The summed E-state index contributed by atoms with van der Waals surface area (Å²) in [5.74, 6) is 0. The second-order valence-electron chi connectivity index (χ2n) is 5.17. The Kier molecular flexibility index (Phi) is 4.83. The van der Waals surface area contributed by atoms with Gasteiger partial charge >= 0.3 is 6.18 Å². The van der Waals surface area contributed by atoms with Gasteiger partial charge in [0.05, 0.1) is 10.5 Å². The van der Waals surface area contributed by atoms with Gasteiger partial charge in [-0.15, -0.1) is 0 Å². The summed E-state index contributed by atoms with van der Waals surface area (Å²) >= 11 is 0. The van der Waals surface area contributed by atoms with Gasteiger partial charge in [-0.2, -0.15) is 13.2 Å². The van der Waals surface area contributed by atoms with E-state index in [2.05, 4.69) is 4.72 Å². The van der Waals surface area contributed by atoms with Crippen LogP contribution in [0.25, 0.3) is 0 Å². The molecule has 0 spiro atoms. The maximum absolute atomic E-state index is 12.5. The molecule has 0 atom stereocenters. The van der Waals surface area contributed by atoms with E-state index in [0.29, 0.717) is 6.07 Å². The maximum atomic E-state index is 12.5. The molecule has 0 saturated heterocycles. The van der Waals surface area contributed by atoms with E-state index in [0.717, 1.165) is 18.2 Å². The van der Waals surface area contributed by atoms with Gasteiger partial charge in [-0.3, -0.25) is 0 Å². The van der Waals surface area contributed by atoms with Crippen LogP contribution >= 0.6 is 0 Å². The Balaban J connectivity index is 2.99. The summed E-state index contributed by atoms with van der Waals surface area (Å²) in [6, 6.07) is 3.50. The van der Waals surface area contributed by atoms with Crippen molar-refractivity contribution in [1.29, 1.82) is 0 Å². The van der Waals surface area contributed by atoms with Crippen molar-refractivity contribution in [2.45, 2.75) is 24.9 Å². The van der Waals surface area contributed by atoms with Crippen molar-refractivity contribution >= 4 is 10.0 Å². The van der Waals surface area contributed by atoms with E-state index in [1.165, 1.54) is 0 Å². The van der Waals surface area contributed by atoms with Gasteiger partial charge in [-0.25, -0.2) is 13.1 Å². The summed E-state index contributed by atoms with van der Waals surface area (Å²) in [4.78, 5) is -0.457. The first-order valence-corrected chi connectivity index (χ1v) is 7.24. The van der Waals surface area contributed by atoms with E-state index in [1.54, 1.807) is 13.8 Å². The summed E-state index contributed by atoms with van der Waals surface area (Å²) in [6.45, 7) is 2.92. The monoisotopic (exact) mass is 311 g/mol. The molecular formula is C12H16F3NO3S. The Hall–Kier alpha value is -1.12. The molecule has 0 radical (unpaired) electrons. The van der Waals surface area contributed by atoms with E-state index >= 15 is 0 Å². The number of sulfonamides is 1. The molecule has 0 aromatic heterocycles. The Bertz CT molecular complexity index is 568. The average molecular weight is 311 g/mol. The smallest absolute Gasteiger partial charge is 0.396 e. The molecule has 0 saturated carbocycles. The van der Waals surface area contributed by atoms with Gasteiger partial charge in [-0.05, 0) is 18.2 Å². The second kappa shape index (κ2) is 5.71. The number of rotatable bonds is 5. The zero-order chi connectivity index (χ0) is 15.6. The lowest BCUT2D eigenvalue weighted by Crippen LogP contribution is -2.36. The topological polar surface area (TPSA) is 66.4 Å². The molecule has 0 unspecified atom stereocenters. The summed E-state index contributed by atoms with van der Waals surface area (Å²) < 4.78 is 63.6. The largest absolute Gasteiger partial charge is 0.416 e. The number of aliphatic hydroxyl groups excluding tert-OH is 1. The standard InChI is InChI=1S/C12H16F3NO3S/c1-11(2,8-17)7-16-20(18,19)10-5-3-4-9(6-10)12(13,14)15/h3-6,16-17H,7-8H2,1-2H3. The van der Waals surface area contributed by atoms with Crippen molar-refractivity contribution in [2.75, 3.05) is 13.2 Å². The molecule has 8 heteroatoms. The van der Waals surface area contributed by atoms with Gasteiger partial charge in [-0.1, -0.05) is 19.9 Å². The zero-order valence-corrected chi connectivity index (χ0v) is 11.8. The fourth-order valence-electron chi connectivity index (χ4n) is 1.27. The predicted octanol–water partition coefficient (Wildman–Crippen LogP) is 2.00. The number of hydrogen-bond donors (Lipinski definition) is 2. The molecule has 114 valence electrons. The number of aliphatic hydroxyl groups is 1. The summed E-state index contributed by atoms with van der Waals surface area (Å²) in [5.41, 5.74) is -1.73. The van der Waals surface area contributed by atoms with E-state index in [1.807, 2.05) is 0 Å². The molecule has 1 aromatic rings. The first-order valence-electron chi connectivity index (χ1n) is 5.76. The minimum atomic E-state index is -4.60. The van der Waals surface area contributed by atoms with Gasteiger partial charge in [0.15, 0.2) is 0 Å². The van der Waals surface area contributed by atoms with Crippen molar-refractivity contribution in [2.24, 2.45) is 5.41 Å². The fourth-order valence-corrected chi connectivity index (χ4v) is 2.56. The van der Waals surface area contributed by atoms with Crippen molar-refractivity contribution in [3.63, 3.8) is 0 Å². The third-order valence-corrected chi connectivity index (χ3v) is 4.04. The van der Waals surface area contributed by atoms with Crippen LogP contribution in [-0.2, 0) is 16.2 Å². The van der Waals surface area contributed by atoms with Gasteiger partial charge in [0.25, 0.3) is 0 Å². The number of benzene rings is 1. The number of alkyl halides is 3. The molecule has 0 bridgehead atoms. The van der Waals surface area contributed by atoms with Crippen molar-refractivity contribution in [1.82, 2.24) is 4.72 Å². The summed E-state index contributed by atoms with van der Waals surface area (Å²) in [6.07, 6.45) is -4.60. The molecule has 0 aliphatic carbocycles. The lowest BCUT2D eigenvalue weighted by atomic mass is 9.96. The fraction of sp³-hybridized carbons (Fsp3) is 0.500. The molecule has 20 heavy (non-hydrogen) atoms. The summed E-state index contributed by atoms with van der Waals surface area (Å²) in [7, 11) is -4.05. The molecule has 4 nitrogen and oxygen atoms in total. The van der Waals surface area contributed by atoms with Crippen molar-refractivity contribution in [3.05, 3.63) is 29.8 Å². The van der Waals surface area contributed by atoms with Gasteiger partial charge < -0.3 is 5.11 Å². The summed E-state index contributed by atoms with van der Waals surface area (Å²) in [5, 5.41) is 9.03. The predicted molar refractivity (Wildman–Crippen MR) is 67.5 cm³/mol. The lowest BCUT2D eigenvalue weighted by molar-refractivity contribution is -0.137. The van der Waals surface area contributed by atoms with Crippen molar-refractivity contribution < 1.29 is 26.7 Å². The highest BCUT2D eigenvalue weighted by molar-refractivity contribution is 7.89. The molecule has 0 heterocycles. The average Bonchev–Trinajstić information content (AvgIpc) is 2.36. The third kappa shape index (κ3) is 4.46. The van der Waals surface area contributed by atoms with Crippen LogP contribution in [0.5, 0.6) is 0 Å². The van der Waals surface area contributed by atoms with Crippen molar-refractivity contribution in [3.8, 4) is 0 Å². The maximum Gasteiger partial charge on any atom is 0.416 e. The Labute approximate surface area is 115 Å². The normalized spacial score (nSPS) is 13.5. The molecule has 0 fully saturated rings. The Morgan fingerprint density at radius 2 is 1.85 bits per heavy atom. The quantitative estimate of drug-likeness (QED) is 0.874. The Morgan fingerprint density at radius 1 is 1.25 bits per heavy atom. The first-order chi connectivity index (χ1) is 8.98. The second-order valence-corrected chi connectivity index (χ2v) is 6.94. The van der Waals surface area contributed by atoms with Crippen LogP contribution in [-0.4, -0.2) is 26.7 Å². The van der Waals surface area contributed by atoms with Crippen LogP contribution in [0.3, 0.4) is 0 Å². The number of hydrogen-bond acceptors (Lipinski definition) is 3. The number of halogens is 3. The SMILES string of the molecule is CC(C)(CO)CNS(=O)(=O)c1cccc(C(F)(F)F)c1. The number of nitrogens with one attached hydrogen (secondary N) is 1. The molecule has 0 amide bonds. The minimum Gasteiger partial charge on any atom is -0.396 e. The molecule has 0 aliphatic heterocycles. The highest BCUT2D eigenvalue weighted by Gasteiger charge is 2.32. The molecule has 0 aliphatic rings. The van der Waals surface area contributed by atoms with E-state index in [9.17, 15) is 21.6 Å². The molecular weight excluding hydrogens is 295 g/mol. The van der Waals surface area contributed by atoms with Crippen LogP contribution in [0, 0.1) is 5.41 Å². The van der Waals surface area contributed by atoms with Crippen LogP contribution < -0.4 is 4.72 Å². The molecule has 1 rings (SSSR count). The Morgan fingerprint density at radius 3 is 2.35 bits per heavy atom. The minimum absolute atomic E-state index is 0.0813. The van der Waals surface area contributed by atoms with E-state index < -0.39 is 32.1 Å². The molecule has 1 aromatic carbocycles. The van der Waals surface area contributed by atoms with Crippen LogP contribution in [0.15, 0.2) is 29.2 Å². The third-order valence-electron chi connectivity index (χ3n) is 2.64.